The Bertz CT molecular complexity index is 687. The van der Waals surface area contributed by atoms with Crippen molar-refractivity contribution in [1.82, 2.24) is 0 Å². The van der Waals surface area contributed by atoms with Gasteiger partial charge < -0.3 is 0 Å². The van der Waals surface area contributed by atoms with Crippen LogP contribution in [0.1, 0.15) is 37.2 Å². The lowest BCUT2D eigenvalue weighted by molar-refractivity contribution is 0.0428. The molecule has 11 atom stereocenters. The monoisotopic (exact) mass is 302 g/mol. The molecule has 5 saturated carbocycles. The molecule has 1 aromatic rings. The van der Waals surface area contributed by atoms with Crippen molar-refractivity contribution in [3.63, 3.8) is 0 Å². The molecule has 0 radical (unpaired) electrons. The van der Waals surface area contributed by atoms with Crippen molar-refractivity contribution in [3.05, 3.63) is 48.0 Å². The van der Waals surface area contributed by atoms with Gasteiger partial charge >= 0.3 is 0 Å². The summed E-state index contributed by atoms with van der Waals surface area (Å²) in [6.07, 6.45) is 11.5. The molecule has 0 N–H and O–H groups in total. The number of hydrogen-bond acceptors (Lipinski definition) is 0. The summed E-state index contributed by atoms with van der Waals surface area (Å²) in [5, 5.41) is 0. The fourth-order valence-electron chi connectivity index (χ4n) is 9.33. The van der Waals surface area contributed by atoms with Gasteiger partial charge in [0.1, 0.15) is 0 Å². The fourth-order valence-corrected chi connectivity index (χ4v) is 9.33. The molecule has 0 heteroatoms. The minimum atomic E-state index is 0.898. The van der Waals surface area contributed by atoms with E-state index in [0.717, 1.165) is 65.1 Å². The normalized spacial score (nSPS) is 59.7. The van der Waals surface area contributed by atoms with E-state index in [-0.39, 0.29) is 0 Å². The lowest BCUT2D eigenvalue weighted by Gasteiger charge is -2.46. The number of benzene rings is 1. The largest absolute Gasteiger partial charge is 0.0848 e. The Morgan fingerprint density at radius 3 is 2.13 bits per heavy atom. The first-order chi connectivity index (χ1) is 11.4. The number of fused-ring (bicyclic) bond motifs is 16. The Kier molecular flexibility index (Phi) is 2.12. The molecule has 23 heavy (non-hydrogen) atoms. The van der Waals surface area contributed by atoms with Crippen LogP contribution in [0.25, 0.3) is 0 Å². The maximum Gasteiger partial charge on any atom is -0.0128 e. The van der Waals surface area contributed by atoms with Gasteiger partial charge in [0.15, 0.2) is 0 Å². The minimum absolute atomic E-state index is 0.898. The first-order valence-corrected chi connectivity index (χ1v) is 10.1. The lowest BCUT2D eigenvalue weighted by atomic mass is 9.59. The summed E-state index contributed by atoms with van der Waals surface area (Å²) in [6, 6.07) is 11.5. The zero-order valence-corrected chi connectivity index (χ0v) is 13.7. The van der Waals surface area contributed by atoms with E-state index in [9.17, 15) is 0 Å². The molecule has 0 aromatic heterocycles. The smallest absolute Gasteiger partial charge is 0.0128 e. The molecule has 1 aromatic carbocycles. The van der Waals surface area contributed by atoms with Crippen molar-refractivity contribution in [1.29, 1.82) is 0 Å². The van der Waals surface area contributed by atoms with Crippen LogP contribution >= 0.6 is 0 Å². The first-order valence-electron chi connectivity index (χ1n) is 10.1. The highest BCUT2D eigenvalue weighted by atomic mass is 14.7. The maximum absolute atomic E-state index is 2.61. The minimum Gasteiger partial charge on any atom is -0.0848 e. The van der Waals surface area contributed by atoms with Gasteiger partial charge in [-0.1, -0.05) is 42.5 Å². The van der Waals surface area contributed by atoms with Crippen molar-refractivity contribution in [2.75, 3.05) is 0 Å². The highest BCUT2D eigenvalue weighted by Crippen LogP contribution is 2.77. The molecule has 0 saturated heterocycles. The molecule has 0 amide bonds. The predicted octanol–water partition coefficient (Wildman–Crippen LogP) is 5.13. The molecule has 0 spiro atoms. The number of allylic oxidation sites excluding steroid dienone is 2. The SMILES string of the molecule is C1=CC2CC1C1C3CC(C21)C1C2CC(CC2c2ccccc2)C31. The average molecular weight is 302 g/mol. The second-order valence-electron chi connectivity index (χ2n) is 9.73. The summed E-state index contributed by atoms with van der Waals surface area (Å²) in [5.41, 5.74) is 1.66. The van der Waals surface area contributed by atoms with Gasteiger partial charge in [0, 0.05) is 0 Å². The van der Waals surface area contributed by atoms with E-state index >= 15 is 0 Å². The molecule has 0 nitrogen and oxygen atoms in total. The summed E-state index contributed by atoms with van der Waals surface area (Å²) in [4.78, 5) is 0. The Hall–Kier alpha value is -1.04. The van der Waals surface area contributed by atoms with E-state index in [2.05, 4.69) is 42.5 Å². The Morgan fingerprint density at radius 2 is 1.35 bits per heavy atom. The summed E-state index contributed by atoms with van der Waals surface area (Å²) >= 11 is 0. The fraction of sp³-hybridized carbons (Fsp3) is 0.652. The van der Waals surface area contributed by atoms with Crippen molar-refractivity contribution >= 4 is 0 Å². The van der Waals surface area contributed by atoms with E-state index in [1.54, 1.807) is 18.4 Å². The predicted molar refractivity (Wildman–Crippen MR) is 91.7 cm³/mol. The van der Waals surface area contributed by atoms with Crippen LogP contribution < -0.4 is 0 Å². The van der Waals surface area contributed by atoms with Crippen LogP contribution in [0.15, 0.2) is 42.5 Å². The van der Waals surface area contributed by atoms with Gasteiger partial charge in [-0.2, -0.15) is 0 Å². The highest BCUT2D eigenvalue weighted by Gasteiger charge is 2.70. The summed E-state index contributed by atoms with van der Waals surface area (Å²) in [7, 11) is 0. The van der Waals surface area contributed by atoms with E-state index in [4.69, 9.17) is 0 Å². The second kappa shape index (κ2) is 3.95. The third-order valence-corrected chi connectivity index (χ3v) is 9.46. The zero-order chi connectivity index (χ0) is 14.7. The van der Waals surface area contributed by atoms with Gasteiger partial charge in [0.05, 0.1) is 0 Å². The molecule has 6 aliphatic rings. The highest BCUT2D eigenvalue weighted by molar-refractivity contribution is 5.29. The van der Waals surface area contributed by atoms with Crippen molar-refractivity contribution in [2.24, 2.45) is 59.2 Å². The molecule has 118 valence electrons. The van der Waals surface area contributed by atoms with Crippen LogP contribution in [0.3, 0.4) is 0 Å². The third-order valence-electron chi connectivity index (χ3n) is 9.46. The summed E-state index contributed by atoms with van der Waals surface area (Å²) < 4.78 is 0. The number of hydrogen-bond donors (Lipinski definition) is 0. The van der Waals surface area contributed by atoms with Gasteiger partial charge in [-0.25, -0.2) is 0 Å². The Balaban J connectivity index is 1.28. The Morgan fingerprint density at radius 1 is 0.609 bits per heavy atom. The van der Waals surface area contributed by atoms with Crippen LogP contribution in [-0.4, -0.2) is 0 Å². The molecule has 6 bridgehead atoms. The molecule has 5 fully saturated rings. The topological polar surface area (TPSA) is 0 Å². The lowest BCUT2D eigenvalue weighted by Crippen LogP contribution is -2.41. The number of rotatable bonds is 1. The standard InChI is InChI=1S/C23H26/c1-2-4-12(5-3-1)16-9-15-10-17(16)23-19-11-18(22(15)23)20-13-6-7-14(8-13)21(19)20/h1-7,13-23H,8-11H2. The summed E-state index contributed by atoms with van der Waals surface area (Å²) in [6.45, 7) is 0. The van der Waals surface area contributed by atoms with Gasteiger partial charge in [0.25, 0.3) is 0 Å². The molecule has 11 unspecified atom stereocenters. The van der Waals surface area contributed by atoms with Gasteiger partial charge in [-0.3, -0.25) is 0 Å². The van der Waals surface area contributed by atoms with Gasteiger partial charge in [-0.15, -0.1) is 0 Å². The van der Waals surface area contributed by atoms with Crippen molar-refractivity contribution in [3.8, 4) is 0 Å². The van der Waals surface area contributed by atoms with E-state index in [1.165, 1.54) is 12.8 Å². The quantitative estimate of drug-likeness (QED) is 0.498. The van der Waals surface area contributed by atoms with Crippen molar-refractivity contribution in [2.45, 2.75) is 31.6 Å². The van der Waals surface area contributed by atoms with Crippen LogP contribution in [-0.2, 0) is 0 Å². The first kappa shape index (κ1) is 12.3. The van der Waals surface area contributed by atoms with Gasteiger partial charge in [-0.05, 0) is 96.3 Å². The average Bonchev–Trinajstić information content (AvgIpc) is 3.41. The zero-order valence-electron chi connectivity index (χ0n) is 13.7. The van der Waals surface area contributed by atoms with E-state index in [0.29, 0.717) is 0 Å². The van der Waals surface area contributed by atoms with Crippen LogP contribution in [0, 0.1) is 59.2 Å². The van der Waals surface area contributed by atoms with Crippen LogP contribution in [0.5, 0.6) is 0 Å². The Labute approximate surface area is 139 Å². The second-order valence-corrected chi connectivity index (χ2v) is 9.73. The molecule has 0 aliphatic heterocycles. The maximum atomic E-state index is 2.61. The third kappa shape index (κ3) is 1.31. The van der Waals surface area contributed by atoms with Gasteiger partial charge in [0.2, 0.25) is 0 Å². The molecular weight excluding hydrogens is 276 g/mol. The molecule has 0 heterocycles. The van der Waals surface area contributed by atoms with Crippen LogP contribution in [0.4, 0.5) is 0 Å². The van der Waals surface area contributed by atoms with E-state index < -0.39 is 0 Å². The molecule has 7 rings (SSSR count). The van der Waals surface area contributed by atoms with E-state index in [1.807, 2.05) is 0 Å². The summed E-state index contributed by atoms with van der Waals surface area (Å²) in [5.74, 6) is 11.7. The van der Waals surface area contributed by atoms with Crippen molar-refractivity contribution < 1.29 is 0 Å². The molecular formula is C23H26. The van der Waals surface area contributed by atoms with Crippen LogP contribution in [0.2, 0.25) is 0 Å². The molecule has 6 aliphatic carbocycles.